The van der Waals surface area contributed by atoms with Gasteiger partial charge in [-0.1, -0.05) is 36.2 Å². The Kier molecular flexibility index (Phi) is 8.24. The van der Waals surface area contributed by atoms with E-state index in [2.05, 4.69) is 60.2 Å². The molecule has 1 N–H and O–H groups in total. The summed E-state index contributed by atoms with van der Waals surface area (Å²) in [4.78, 5) is 0. The Morgan fingerprint density at radius 3 is 2.65 bits per heavy atom. The van der Waals surface area contributed by atoms with E-state index in [1.54, 1.807) is 0 Å². The van der Waals surface area contributed by atoms with Gasteiger partial charge in [0.2, 0.25) is 0 Å². The largest absolute Gasteiger partial charge is 0.382 e. The van der Waals surface area contributed by atoms with E-state index in [1.807, 2.05) is 6.92 Å². The Balaban J connectivity index is 2.59. The summed E-state index contributed by atoms with van der Waals surface area (Å²) in [5, 5.41) is 3.52. The molecule has 1 aromatic carbocycles. The third kappa shape index (κ3) is 6.76. The summed E-state index contributed by atoms with van der Waals surface area (Å²) in [6.07, 6.45) is 3.89. The lowest BCUT2D eigenvalue weighted by Gasteiger charge is -2.17. The first-order valence-electron chi connectivity index (χ1n) is 7.66. The van der Waals surface area contributed by atoms with Gasteiger partial charge >= 0.3 is 0 Å². The minimum Gasteiger partial charge on any atom is -0.382 e. The maximum Gasteiger partial charge on any atom is 0.0719 e. The molecule has 0 spiro atoms. The van der Waals surface area contributed by atoms with Gasteiger partial charge in [0.25, 0.3) is 0 Å². The second-order valence-electron chi connectivity index (χ2n) is 5.73. The molecule has 0 aliphatic rings. The Morgan fingerprint density at radius 2 is 2.00 bits per heavy atom. The zero-order valence-corrected chi connectivity index (χ0v) is 14.8. The van der Waals surface area contributed by atoms with Crippen LogP contribution in [0.5, 0.6) is 0 Å². The van der Waals surface area contributed by atoms with E-state index in [1.165, 1.54) is 24.1 Å². The molecular weight excluding hydrogens is 314 g/mol. The van der Waals surface area contributed by atoms with E-state index >= 15 is 0 Å². The van der Waals surface area contributed by atoms with Crippen molar-refractivity contribution in [3.63, 3.8) is 0 Å². The average Bonchev–Trinajstić information content (AvgIpc) is 2.37. The minimum absolute atomic E-state index is 0.243. The van der Waals surface area contributed by atoms with Crippen molar-refractivity contribution in [1.29, 1.82) is 0 Å². The van der Waals surface area contributed by atoms with Crippen molar-refractivity contribution in [3.05, 3.63) is 28.2 Å². The smallest absolute Gasteiger partial charge is 0.0719 e. The standard InChI is InChI=1S/C17H28BrNO/c1-5-20-14(4)12-19-17-10-9-16(18)11-15(17)8-6-7-13(2)3/h9-11,13-14,19H,5-8,12H2,1-4H3. The molecule has 0 fully saturated rings. The highest BCUT2D eigenvalue weighted by molar-refractivity contribution is 9.10. The molecule has 0 aliphatic heterocycles. The van der Waals surface area contributed by atoms with Crippen LogP contribution in [-0.4, -0.2) is 19.3 Å². The number of hydrogen-bond acceptors (Lipinski definition) is 2. The summed E-state index contributed by atoms with van der Waals surface area (Å²) in [6.45, 7) is 10.3. The van der Waals surface area contributed by atoms with E-state index in [9.17, 15) is 0 Å². The molecule has 1 rings (SSSR count). The number of hydrogen-bond donors (Lipinski definition) is 1. The fourth-order valence-electron chi connectivity index (χ4n) is 2.24. The van der Waals surface area contributed by atoms with Crippen LogP contribution in [0.4, 0.5) is 5.69 Å². The molecule has 1 unspecified atom stereocenters. The Morgan fingerprint density at radius 1 is 1.25 bits per heavy atom. The quantitative estimate of drug-likeness (QED) is 0.660. The molecule has 0 saturated carbocycles. The third-order valence-electron chi connectivity index (χ3n) is 3.33. The van der Waals surface area contributed by atoms with Crippen LogP contribution >= 0.6 is 15.9 Å². The van der Waals surface area contributed by atoms with Gasteiger partial charge in [-0.05, 0) is 56.4 Å². The van der Waals surface area contributed by atoms with E-state index in [0.29, 0.717) is 0 Å². The van der Waals surface area contributed by atoms with Gasteiger partial charge in [-0.3, -0.25) is 0 Å². The van der Waals surface area contributed by atoms with Gasteiger partial charge in [-0.15, -0.1) is 0 Å². The molecular formula is C17H28BrNO. The SMILES string of the molecule is CCOC(C)CNc1ccc(Br)cc1CCCC(C)C. The van der Waals surface area contributed by atoms with Crippen LogP contribution in [-0.2, 0) is 11.2 Å². The summed E-state index contributed by atoms with van der Waals surface area (Å²) in [5.41, 5.74) is 2.63. The molecule has 0 bridgehead atoms. The molecule has 0 aromatic heterocycles. The first-order valence-corrected chi connectivity index (χ1v) is 8.46. The first-order chi connectivity index (χ1) is 9.52. The second kappa shape index (κ2) is 9.41. The zero-order valence-electron chi connectivity index (χ0n) is 13.2. The molecule has 114 valence electrons. The number of aryl methyl sites for hydroxylation is 1. The van der Waals surface area contributed by atoms with E-state index in [-0.39, 0.29) is 6.10 Å². The number of benzene rings is 1. The molecule has 2 nitrogen and oxygen atoms in total. The maximum atomic E-state index is 5.57. The Labute approximate surface area is 132 Å². The maximum absolute atomic E-state index is 5.57. The van der Waals surface area contributed by atoms with E-state index < -0.39 is 0 Å². The number of rotatable bonds is 9. The van der Waals surface area contributed by atoms with Gasteiger partial charge in [-0.2, -0.15) is 0 Å². The second-order valence-corrected chi connectivity index (χ2v) is 6.65. The molecule has 1 aromatic rings. The normalized spacial score (nSPS) is 12.7. The lowest BCUT2D eigenvalue weighted by atomic mass is 10.0. The summed E-state index contributed by atoms with van der Waals surface area (Å²) in [5.74, 6) is 0.775. The molecule has 20 heavy (non-hydrogen) atoms. The number of ether oxygens (including phenoxy) is 1. The number of anilines is 1. The van der Waals surface area contributed by atoms with Gasteiger partial charge in [-0.25, -0.2) is 0 Å². The van der Waals surface area contributed by atoms with Crippen molar-refractivity contribution < 1.29 is 4.74 Å². The van der Waals surface area contributed by atoms with Gasteiger partial charge in [0, 0.05) is 23.3 Å². The Bertz CT molecular complexity index is 393. The van der Waals surface area contributed by atoms with Crippen molar-refractivity contribution in [2.75, 3.05) is 18.5 Å². The first kappa shape index (κ1) is 17.5. The predicted octanol–water partition coefficient (Wildman–Crippen LogP) is 5.26. The van der Waals surface area contributed by atoms with Crippen molar-refractivity contribution in [2.45, 2.75) is 53.1 Å². The highest BCUT2D eigenvalue weighted by Crippen LogP contribution is 2.23. The van der Waals surface area contributed by atoms with Crippen LogP contribution < -0.4 is 5.32 Å². The highest BCUT2D eigenvalue weighted by Gasteiger charge is 2.06. The summed E-state index contributed by atoms with van der Waals surface area (Å²) in [7, 11) is 0. The number of halogens is 1. The lowest BCUT2D eigenvalue weighted by Crippen LogP contribution is -2.20. The molecule has 0 amide bonds. The topological polar surface area (TPSA) is 21.3 Å². The molecule has 3 heteroatoms. The fourth-order valence-corrected chi connectivity index (χ4v) is 2.65. The third-order valence-corrected chi connectivity index (χ3v) is 3.82. The summed E-state index contributed by atoms with van der Waals surface area (Å²) < 4.78 is 6.72. The average molecular weight is 342 g/mol. The van der Waals surface area contributed by atoms with Crippen LogP contribution in [0.3, 0.4) is 0 Å². The molecule has 0 aliphatic carbocycles. The minimum atomic E-state index is 0.243. The molecule has 0 radical (unpaired) electrons. The van der Waals surface area contributed by atoms with Crippen LogP contribution in [0.25, 0.3) is 0 Å². The highest BCUT2D eigenvalue weighted by atomic mass is 79.9. The van der Waals surface area contributed by atoms with Crippen molar-refractivity contribution >= 4 is 21.6 Å². The van der Waals surface area contributed by atoms with E-state index in [0.717, 1.165) is 30.0 Å². The van der Waals surface area contributed by atoms with Crippen molar-refractivity contribution in [2.24, 2.45) is 5.92 Å². The van der Waals surface area contributed by atoms with Crippen LogP contribution in [0.1, 0.15) is 46.1 Å². The van der Waals surface area contributed by atoms with Crippen molar-refractivity contribution in [3.8, 4) is 0 Å². The molecule has 0 heterocycles. The molecule has 1 atom stereocenters. The zero-order chi connectivity index (χ0) is 15.0. The predicted molar refractivity (Wildman–Crippen MR) is 91.5 cm³/mol. The fraction of sp³-hybridized carbons (Fsp3) is 0.647. The van der Waals surface area contributed by atoms with Crippen molar-refractivity contribution in [1.82, 2.24) is 0 Å². The molecule has 0 saturated heterocycles. The van der Waals surface area contributed by atoms with Crippen LogP contribution in [0.2, 0.25) is 0 Å². The van der Waals surface area contributed by atoms with Gasteiger partial charge in [0.05, 0.1) is 6.10 Å². The summed E-state index contributed by atoms with van der Waals surface area (Å²) in [6, 6.07) is 6.49. The number of nitrogens with one attached hydrogen (secondary N) is 1. The lowest BCUT2D eigenvalue weighted by molar-refractivity contribution is 0.0855. The van der Waals surface area contributed by atoms with Gasteiger partial charge < -0.3 is 10.1 Å². The monoisotopic (exact) mass is 341 g/mol. The summed E-state index contributed by atoms with van der Waals surface area (Å²) >= 11 is 3.57. The van der Waals surface area contributed by atoms with Crippen LogP contribution in [0, 0.1) is 5.92 Å². The van der Waals surface area contributed by atoms with Crippen LogP contribution in [0.15, 0.2) is 22.7 Å². The van der Waals surface area contributed by atoms with Gasteiger partial charge in [0.1, 0.15) is 0 Å². The Hall–Kier alpha value is -0.540. The van der Waals surface area contributed by atoms with Gasteiger partial charge in [0.15, 0.2) is 0 Å². The van der Waals surface area contributed by atoms with E-state index in [4.69, 9.17) is 4.74 Å².